The molecule has 1 N–H and O–H groups in total. The third-order valence-corrected chi connectivity index (χ3v) is 2.86. The highest BCUT2D eigenvalue weighted by molar-refractivity contribution is 6.33. The quantitative estimate of drug-likeness (QED) is 0.635. The first-order valence-corrected chi connectivity index (χ1v) is 5.80. The molecule has 1 rings (SSSR count). The standard InChI is InChI=1S/C13H17ClN2O/c1-9(13(2,3)4)15-16-12(17)10-7-5-6-8-11(10)14/h5-8H,1-4H3,(H,16,17)/b15-9+. The van der Waals surface area contributed by atoms with E-state index >= 15 is 0 Å². The van der Waals surface area contributed by atoms with Crippen LogP contribution in [0, 0.1) is 5.41 Å². The third kappa shape index (κ3) is 3.86. The fourth-order valence-electron chi connectivity index (χ4n) is 1.01. The second-order valence-corrected chi connectivity index (χ2v) is 5.28. The lowest BCUT2D eigenvalue weighted by molar-refractivity contribution is 0.0954. The molecule has 1 aromatic rings. The number of amides is 1. The Bertz CT molecular complexity index is 447. The van der Waals surface area contributed by atoms with Gasteiger partial charge >= 0.3 is 0 Å². The Labute approximate surface area is 107 Å². The lowest BCUT2D eigenvalue weighted by Crippen LogP contribution is -2.24. The van der Waals surface area contributed by atoms with Gasteiger partial charge in [0.25, 0.3) is 5.91 Å². The zero-order valence-corrected chi connectivity index (χ0v) is 11.3. The molecule has 4 heteroatoms. The molecular weight excluding hydrogens is 236 g/mol. The molecule has 0 saturated heterocycles. The molecule has 0 unspecified atom stereocenters. The first kappa shape index (κ1) is 13.7. The Morgan fingerprint density at radius 1 is 1.29 bits per heavy atom. The van der Waals surface area contributed by atoms with E-state index in [1.807, 2.05) is 27.7 Å². The van der Waals surface area contributed by atoms with Crippen LogP contribution in [0.5, 0.6) is 0 Å². The van der Waals surface area contributed by atoms with Crippen LogP contribution >= 0.6 is 11.6 Å². The fraction of sp³-hybridized carbons (Fsp3) is 0.385. The smallest absolute Gasteiger partial charge is 0.267 e. The van der Waals surface area contributed by atoms with Crippen molar-refractivity contribution in [3.05, 3.63) is 34.9 Å². The molecule has 17 heavy (non-hydrogen) atoms. The molecule has 0 heterocycles. The molecule has 0 aromatic heterocycles. The number of nitrogens with one attached hydrogen (secondary N) is 1. The maximum absolute atomic E-state index is 11.8. The SMILES string of the molecule is C/C(=N\NC(=O)c1ccccc1Cl)C(C)(C)C. The number of hydrogen-bond acceptors (Lipinski definition) is 2. The average Bonchev–Trinajstić information content (AvgIpc) is 2.24. The van der Waals surface area contributed by atoms with E-state index in [-0.39, 0.29) is 11.3 Å². The highest BCUT2D eigenvalue weighted by Crippen LogP contribution is 2.16. The number of benzene rings is 1. The van der Waals surface area contributed by atoms with Crippen molar-refractivity contribution < 1.29 is 4.79 Å². The number of hydrogen-bond donors (Lipinski definition) is 1. The van der Waals surface area contributed by atoms with Crippen molar-refractivity contribution in [3.8, 4) is 0 Å². The number of nitrogens with zero attached hydrogens (tertiary/aromatic N) is 1. The molecule has 3 nitrogen and oxygen atoms in total. The molecule has 0 radical (unpaired) electrons. The summed E-state index contributed by atoms with van der Waals surface area (Å²) in [5, 5.41) is 4.50. The van der Waals surface area contributed by atoms with Crippen molar-refractivity contribution in [2.75, 3.05) is 0 Å². The third-order valence-electron chi connectivity index (χ3n) is 2.53. The van der Waals surface area contributed by atoms with Crippen LogP contribution in [-0.4, -0.2) is 11.6 Å². The topological polar surface area (TPSA) is 41.5 Å². The average molecular weight is 253 g/mol. The van der Waals surface area contributed by atoms with Gasteiger partial charge in [0.2, 0.25) is 0 Å². The largest absolute Gasteiger partial charge is 0.272 e. The number of rotatable bonds is 2. The van der Waals surface area contributed by atoms with Crippen LogP contribution in [0.4, 0.5) is 0 Å². The predicted molar refractivity (Wildman–Crippen MR) is 71.5 cm³/mol. The molecule has 0 aliphatic heterocycles. The lowest BCUT2D eigenvalue weighted by atomic mass is 9.91. The van der Waals surface area contributed by atoms with Gasteiger partial charge < -0.3 is 0 Å². The molecule has 1 amide bonds. The van der Waals surface area contributed by atoms with Crippen molar-refractivity contribution >= 4 is 23.2 Å². The molecular formula is C13H17ClN2O. The first-order chi connectivity index (χ1) is 7.82. The van der Waals surface area contributed by atoms with E-state index in [1.165, 1.54) is 0 Å². The zero-order valence-electron chi connectivity index (χ0n) is 10.5. The molecule has 0 bridgehead atoms. The number of carbonyl (C=O) groups is 1. The Morgan fingerprint density at radius 2 is 1.88 bits per heavy atom. The minimum Gasteiger partial charge on any atom is -0.267 e. The molecule has 0 spiro atoms. The minimum atomic E-state index is -0.292. The van der Waals surface area contributed by atoms with Crippen LogP contribution in [-0.2, 0) is 0 Å². The Hall–Kier alpha value is -1.35. The van der Waals surface area contributed by atoms with Gasteiger partial charge in [0, 0.05) is 11.1 Å². The number of carbonyl (C=O) groups excluding carboxylic acids is 1. The molecule has 0 saturated carbocycles. The highest BCUT2D eigenvalue weighted by Gasteiger charge is 2.15. The van der Waals surface area contributed by atoms with Crippen molar-refractivity contribution in [2.24, 2.45) is 10.5 Å². The Morgan fingerprint density at radius 3 is 2.41 bits per heavy atom. The van der Waals surface area contributed by atoms with E-state index in [2.05, 4.69) is 10.5 Å². The van der Waals surface area contributed by atoms with E-state index in [0.717, 1.165) is 5.71 Å². The van der Waals surface area contributed by atoms with Gasteiger partial charge in [-0.2, -0.15) is 5.10 Å². The molecule has 0 aliphatic carbocycles. The normalized spacial score (nSPS) is 12.4. The molecule has 1 aromatic carbocycles. The zero-order chi connectivity index (χ0) is 13.1. The van der Waals surface area contributed by atoms with Crippen LogP contribution < -0.4 is 5.43 Å². The summed E-state index contributed by atoms with van der Waals surface area (Å²) in [6.45, 7) is 7.99. The molecule has 0 fully saturated rings. The Balaban J connectivity index is 2.79. The van der Waals surface area contributed by atoms with Crippen LogP contribution in [0.15, 0.2) is 29.4 Å². The van der Waals surface area contributed by atoms with Gasteiger partial charge in [-0.1, -0.05) is 44.5 Å². The Kier molecular flexibility index (Phi) is 4.29. The summed E-state index contributed by atoms with van der Waals surface area (Å²) in [4.78, 5) is 11.8. The summed E-state index contributed by atoms with van der Waals surface area (Å²) in [6.07, 6.45) is 0. The summed E-state index contributed by atoms with van der Waals surface area (Å²) < 4.78 is 0. The summed E-state index contributed by atoms with van der Waals surface area (Å²) in [6, 6.07) is 6.89. The van der Waals surface area contributed by atoms with Crippen LogP contribution in [0.2, 0.25) is 5.02 Å². The summed E-state index contributed by atoms with van der Waals surface area (Å²) in [5.74, 6) is -0.292. The predicted octanol–water partition coefficient (Wildman–Crippen LogP) is 3.49. The highest BCUT2D eigenvalue weighted by atomic mass is 35.5. The monoisotopic (exact) mass is 252 g/mol. The van der Waals surface area contributed by atoms with Gasteiger partial charge in [-0.3, -0.25) is 4.79 Å². The second-order valence-electron chi connectivity index (χ2n) is 4.87. The van der Waals surface area contributed by atoms with Crippen molar-refractivity contribution in [1.82, 2.24) is 5.43 Å². The van der Waals surface area contributed by atoms with E-state index in [9.17, 15) is 4.79 Å². The van der Waals surface area contributed by atoms with Crippen LogP contribution in [0.1, 0.15) is 38.1 Å². The molecule has 0 atom stereocenters. The second kappa shape index (κ2) is 5.32. The fourth-order valence-corrected chi connectivity index (χ4v) is 1.23. The van der Waals surface area contributed by atoms with Gasteiger partial charge in [-0.25, -0.2) is 5.43 Å². The van der Waals surface area contributed by atoms with Crippen LogP contribution in [0.3, 0.4) is 0 Å². The summed E-state index contributed by atoms with van der Waals surface area (Å²) in [5.41, 5.74) is 3.74. The summed E-state index contributed by atoms with van der Waals surface area (Å²) in [7, 11) is 0. The minimum absolute atomic E-state index is 0.0617. The molecule has 92 valence electrons. The van der Waals surface area contributed by atoms with Gasteiger partial charge in [0.15, 0.2) is 0 Å². The maximum atomic E-state index is 11.8. The van der Waals surface area contributed by atoms with Gasteiger partial charge in [-0.05, 0) is 19.1 Å². The maximum Gasteiger partial charge on any atom is 0.272 e. The van der Waals surface area contributed by atoms with Gasteiger partial charge in [-0.15, -0.1) is 0 Å². The summed E-state index contributed by atoms with van der Waals surface area (Å²) >= 11 is 5.92. The van der Waals surface area contributed by atoms with E-state index < -0.39 is 0 Å². The van der Waals surface area contributed by atoms with Crippen molar-refractivity contribution in [3.63, 3.8) is 0 Å². The van der Waals surface area contributed by atoms with E-state index in [4.69, 9.17) is 11.6 Å². The van der Waals surface area contributed by atoms with Crippen LogP contribution in [0.25, 0.3) is 0 Å². The number of hydrazone groups is 1. The van der Waals surface area contributed by atoms with E-state index in [1.54, 1.807) is 24.3 Å². The number of halogens is 1. The van der Waals surface area contributed by atoms with Crippen molar-refractivity contribution in [1.29, 1.82) is 0 Å². The lowest BCUT2D eigenvalue weighted by Gasteiger charge is -2.17. The van der Waals surface area contributed by atoms with Gasteiger partial charge in [0.05, 0.1) is 10.6 Å². The van der Waals surface area contributed by atoms with E-state index in [0.29, 0.717) is 10.6 Å². The van der Waals surface area contributed by atoms with Crippen molar-refractivity contribution in [2.45, 2.75) is 27.7 Å². The molecule has 0 aliphatic rings. The van der Waals surface area contributed by atoms with Gasteiger partial charge in [0.1, 0.15) is 0 Å². The first-order valence-electron chi connectivity index (χ1n) is 5.42.